The second-order valence-corrected chi connectivity index (χ2v) is 7.13. The summed E-state index contributed by atoms with van der Waals surface area (Å²) in [5, 5.41) is 0.383. The van der Waals surface area contributed by atoms with Gasteiger partial charge in [-0.05, 0) is 44.0 Å². The van der Waals surface area contributed by atoms with Gasteiger partial charge in [-0.25, -0.2) is 4.98 Å². The van der Waals surface area contributed by atoms with Gasteiger partial charge in [-0.2, -0.15) is 0 Å². The maximum absolute atomic E-state index is 12.7. The number of ether oxygens (including phenoxy) is 3. The van der Waals surface area contributed by atoms with E-state index >= 15 is 0 Å². The highest BCUT2D eigenvalue weighted by Crippen LogP contribution is 2.30. The molecule has 1 aromatic heterocycles. The SMILES string of the molecule is CCN(Cc1nc2cc(OC)c(OC)cc2c(=O)[nH]1)C(=O)COc1cccc(C)c1C. The van der Waals surface area contributed by atoms with Gasteiger partial charge < -0.3 is 24.1 Å². The van der Waals surface area contributed by atoms with E-state index in [1.165, 1.54) is 14.2 Å². The smallest absolute Gasteiger partial charge is 0.260 e. The van der Waals surface area contributed by atoms with Gasteiger partial charge in [0, 0.05) is 12.6 Å². The Morgan fingerprint density at radius 1 is 1.10 bits per heavy atom. The van der Waals surface area contributed by atoms with E-state index in [-0.39, 0.29) is 24.6 Å². The van der Waals surface area contributed by atoms with Crippen LogP contribution in [-0.4, -0.2) is 48.1 Å². The number of hydrogen-bond donors (Lipinski definition) is 1. The van der Waals surface area contributed by atoms with E-state index in [0.717, 1.165) is 11.1 Å². The van der Waals surface area contributed by atoms with Crippen LogP contribution >= 0.6 is 0 Å². The van der Waals surface area contributed by atoms with Crippen LogP contribution in [0.3, 0.4) is 0 Å². The Hall–Kier alpha value is -3.55. The van der Waals surface area contributed by atoms with Gasteiger partial charge in [0.2, 0.25) is 0 Å². The quantitative estimate of drug-likeness (QED) is 0.596. The van der Waals surface area contributed by atoms with Gasteiger partial charge in [-0.1, -0.05) is 12.1 Å². The van der Waals surface area contributed by atoms with E-state index in [2.05, 4.69) is 9.97 Å². The standard InChI is InChI=1S/C23H27N3O5/c1-6-26(22(27)13-31-18-9-7-8-14(2)15(18)3)12-21-24-17-11-20(30-5)19(29-4)10-16(17)23(28)25-21/h7-11H,6,12-13H2,1-5H3,(H,24,25,28). The molecule has 0 aliphatic heterocycles. The van der Waals surface area contributed by atoms with Gasteiger partial charge in [0.05, 0.1) is 31.7 Å². The molecule has 3 aromatic rings. The molecule has 0 bridgehead atoms. The zero-order chi connectivity index (χ0) is 22.5. The number of aryl methyl sites for hydroxylation is 1. The molecule has 8 nitrogen and oxygen atoms in total. The number of fused-ring (bicyclic) bond motifs is 1. The summed E-state index contributed by atoms with van der Waals surface area (Å²) in [4.78, 5) is 34.1. The largest absolute Gasteiger partial charge is 0.493 e. The zero-order valence-corrected chi connectivity index (χ0v) is 18.4. The van der Waals surface area contributed by atoms with Crippen molar-refractivity contribution in [2.75, 3.05) is 27.4 Å². The fourth-order valence-corrected chi connectivity index (χ4v) is 3.26. The average molecular weight is 425 g/mol. The average Bonchev–Trinajstić information content (AvgIpc) is 2.77. The second-order valence-electron chi connectivity index (χ2n) is 7.13. The molecule has 31 heavy (non-hydrogen) atoms. The Balaban J connectivity index is 1.79. The van der Waals surface area contributed by atoms with Crippen LogP contribution < -0.4 is 19.8 Å². The summed E-state index contributed by atoms with van der Waals surface area (Å²) in [5.41, 5.74) is 2.26. The predicted octanol–water partition coefficient (Wildman–Crippen LogP) is 2.98. The zero-order valence-electron chi connectivity index (χ0n) is 18.4. The molecule has 3 rings (SSSR count). The minimum absolute atomic E-state index is 0.0963. The summed E-state index contributed by atoms with van der Waals surface area (Å²) >= 11 is 0. The summed E-state index contributed by atoms with van der Waals surface area (Å²) in [6.07, 6.45) is 0. The fraction of sp³-hybridized carbons (Fsp3) is 0.348. The summed E-state index contributed by atoms with van der Waals surface area (Å²) < 4.78 is 16.3. The van der Waals surface area contributed by atoms with Gasteiger partial charge in [0.25, 0.3) is 11.5 Å². The normalized spacial score (nSPS) is 10.7. The Labute approximate surface area is 180 Å². The minimum Gasteiger partial charge on any atom is -0.493 e. The van der Waals surface area contributed by atoms with Crippen molar-refractivity contribution in [3.8, 4) is 17.2 Å². The maximum atomic E-state index is 12.7. The molecule has 0 unspecified atom stereocenters. The third kappa shape index (κ3) is 4.79. The number of H-pyrrole nitrogens is 1. The Morgan fingerprint density at radius 2 is 1.81 bits per heavy atom. The molecule has 1 amide bonds. The lowest BCUT2D eigenvalue weighted by Crippen LogP contribution is -2.35. The third-order valence-corrected chi connectivity index (χ3v) is 5.24. The molecular weight excluding hydrogens is 398 g/mol. The highest BCUT2D eigenvalue weighted by molar-refractivity contribution is 5.82. The van der Waals surface area contributed by atoms with Crippen molar-refractivity contribution < 1.29 is 19.0 Å². The third-order valence-electron chi connectivity index (χ3n) is 5.24. The van der Waals surface area contributed by atoms with Crippen molar-refractivity contribution >= 4 is 16.8 Å². The van der Waals surface area contributed by atoms with Crippen molar-refractivity contribution in [3.05, 3.63) is 57.6 Å². The Bertz CT molecular complexity index is 1160. The van der Waals surface area contributed by atoms with E-state index < -0.39 is 0 Å². The predicted molar refractivity (Wildman–Crippen MR) is 118 cm³/mol. The van der Waals surface area contributed by atoms with Crippen molar-refractivity contribution in [2.24, 2.45) is 0 Å². The maximum Gasteiger partial charge on any atom is 0.260 e. The Morgan fingerprint density at radius 3 is 2.48 bits per heavy atom. The number of amides is 1. The van der Waals surface area contributed by atoms with E-state index in [0.29, 0.717) is 40.5 Å². The van der Waals surface area contributed by atoms with Crippen molar-refractivity contribution in [2.45, 2.75) is 27.3 Å². The monoisotopic (exact) mass is 425 g/mol. The van der Waals surface area contributed by atoms with Crippen LogP contribution in [0, 0.1) is 13.8 Å². The van der Waals surface area contributed by atoms with Crippen molar-refractivity contribution in [3.63, 3.8) is 0 Å². The number of likely N-dealkylation sites (N-methyl/N-ethyl adjacent to an activating group) is 1. The van der Waals surface area contributed by atoms with Crippen LogP contribution in [0.2, 0.25) is 0 Å². The van der Waals surface area contributed by atoms with Gasteiger partial charge in [0.15, 0.2) is 18.1 Å². The van der Waals surface area contributed by atoms with Gasteiger partial charge in [-0.15, -0.1) is 0 Å². The molecule has 0 radical (unpaired) electrons. The first-order valence-electron chi connectivity index (χ1n) is 9.99. The number of aromatic amines is 1. The molecule has 2 aromatic carbocycles. The summed E-state index contributed by atoms with van der Waals surface area (Å²) in [6, 6.07) is 8.97. The van der Waals surface area contributed by atoms with Gasteiger partial charge >= 0.3 is 0 Å². The number of hydrogen-bond acceptors (Lipinski definition) is 6. The van der Waals surface area contributed by atoms with Crippen LogP contribution in [0.15, 0.2) is 35.1 Å². The van der Waals surface area contributed by atoms with E-state index in [9.17, 15) is 9.59 Å². The summed E-state index contributed by atoms with van der Waals surface area (Å²) in [5.74, 6) is 1.79. The van der Waals surface area contributed by atoms with Crippen LogP contribution in [0.5, 0.6) is 17.2 Å². The number of aromatic nitrogens is 2. The lowest BCUT2D eigenvalue weighted by molar-refractivity contribution is -0.133. The molecule has 0 spiro atoms. The minimum atomic E-state index is -0.309. The summed E-state index contributed by atoms with van der Waals surface area (Å²) in [7, 11) is 3.02. The van der Waals surface area contributed by atoms with Crippen molar-refractivity contribution in [1.29, 1.82) is 0 Å². The van der Waals surface area contributed by atoms with Crippen LogP contribution in [0.4, 0.5) is 0 Å². The molecule has 8 heteroatoms. The molecule has 0 saturated heterocycles. The topological polar surface area (TPSA) is 93.8 Å². The fourth-order valence-electron chi connectivity index (χ4n) is 3.26. The number of rotatable bonds is 8. The molecular formula is C23H27N3O5. The molecule has 1 heterocycles. The van der Waals surface area contributed by atoms with E-state index in [1.54, 1.807) is 17.0 Å². The second kappa shape index (κ2) is 9.51. The van der Waals surface area contributed by atoms with Gasteiger partial charge in [-0.3, -0.25) is 9.59 Å². The highest BCUT2D eigenvalue weighted by Gasteiger charge is 2.17. The first-order valence-corrected chi connectivity index (χ1v) is 9.99. The van der Waals surface area contributed by atoms with Crippen LogP contribution in [0.1, 0.15) is 23.9 Å². The molecule has 0 aliphatic carbocycles. The number of carbonyl (C=O) groups is 1. The van der Waals surface area contributed by atoms with Crippen LogP contribution in [0.25, 0.3) is 10.9 Å². The number of nitrogens with one attached hydrogen (secondary N) is 1. The molecule has 1 N–H and O–H groups in total. The molecule has 0 aliphatic rings. The lowest BCUT2D eigenvalue weighted by atomic mass is 10.1. The van der Waals surface area contributed by atoms with Crippen molar-refractivity contribution in [1.82, 2.24) is 14.9 Å². The van der Waals surface area contributed by atoms with Crippen LogP contribution in [-0.2, 0) is 11.3 Å². The van der Waals surface area contributed by atoms with E-state index in [1.807, 2.05) is 39.0 Å². The first-order chi connectivity index (χ1) is 14.9. The number of benzene rings is 2. The molecule has 0 atom stereocenters. The number of carbonyl (C=O) groups excluding carboxylic acids is 1. The Kier molecular flexibility index (Phi) is 6.79. The van der Waals surface area contributed by atoms with Gasteiger partial charge in [0.1, 0.15) is 11.6 Å². The molecule has 0 fully saturated rings. The van der Waals surface area contributed by atoms with E-state index in [4.69, 9.17) is 14.2 Å². The number of nitrogens with zero attached hydrogens (tertiary/aromatic N) is 2. The molecule has 164 valence electrons. The highest BCUT2D eigenvalue weighted by atomic mass is 16.5. The molecule has 0 saturated carbocycles. The first kappa shape index (κ1) is 22.1. The lowest BCUT2D eigenvalue weighted by Gasteiger charge is -2.21. The summed E-state index contributed by atoms with van der Waals surface area (Å²) in [6.45, 7) is 6.33. The number of methoxy groups -OCH3 is 2.